The summed E-state index contributed by atoms with van der Waals surface area (Å²) in [6, 6.07) is 9.42. The first-order valence-corrected chi connectivity index (χ1v) is 3.99. The highest BCUT2D eigenvalue weighted by Gasteiger charge is 2.14. The van der Waals surface area contributed by atoms with Crippen LogP contribution in [0.3, 0.4) is 0 Å². The smallest absolute Gasteiger partial charge is 0.0123 e. The maximum Gasteiger partial charge on any atom is -0.0123 e. The fourth-order valence-electron chi connectivity index (χ4n) is 1.33. The summed E-state index contributed by atoms with van der Waals surface area (Å²) in [6.07, 6.45) is 0. The summed E-state index contributed by atoms with van der Waals surface area (Å²) in [5.74, 6) is 0. The first-order chi connectivity index (χ1) is 5.02. The Kier molecular flexibility index (Phi) is 2.03. The van der Waals surface area contributed by atoms with E-state index in [1.807, 2.05) is 12.1 Å². The minimum atomic E-state index is 0.228. The summed E-state index contributed by atoms with van der Waals surface area (Å²) < 4.78 is 0. The van der Waals surface area contributed by atoms with Gasteiger partial charge in [-0.1, -0.05) is 39.0 Å². The van der Waals surface area contributed by atoms with Crippen LogP contribution in [0.1, 0.15) is 31.9 Å². The normalized spacial score (nSPS) is 11.6. The van der Waals surface area contributed by atoms with Gasteiger partial charge in [-0.3, -0.25) is 0 Å². The summed E-state index contributed by atoms with van der Waals surface area (Å²) in [7, 11) is 0. The van der Waals surface area contributed by atoms with Gasteiger partial charge in [0.15, 0.2) is 0 Å². The Morgan fingerprint density at radius 3 is 2.27 bits per heavy atom. The first kappa shape index (κ1) is 8.32. The van der Waals surface area contributed by atoms with Crippen molar-refractivity contribution in [2.45, 2.75) is 33.1 Å². The first-order valence-electron chi connectivity index (χ1n) is 3.99. The van der Waals surface area contributed by atoms with Crippen LogP contribution in [0.4, 0.5) is 0 Å². The molecule has 11 heavy (non-hydrogen) atoms. The van der Waals surface area contributed by atoms with E-state index in [9.17, 15) is 0 Å². The molecule has 0 fully saturated rings. The van der Waals surface area contributed by atoms with Crippen molar-refractivity contribution in [3.63, 3.8) is 0 Å². The number of hydrogen-bond donors (Lipinski definition) is 0. The molecule has 0 bridgehead atoms. The van der Waals surface area contributed by atoms with Gasteiger partial charge in [-0.05, 0) is 29.5 Å². The van der Waals surface area contributed by atoms with Crippen LogP contribution in [0.5, 0.6) is 0 Å². The van der Waals surface area contributed by atoms with Crippen molar-refractivity contribution < 1.29 is 0 Å². The third-order valence-corrected chi connectivity index (χ3v) is 1.81. The van der Waals surface area contributed by atoms with Crippen molar-refractivity contribution in [3.05, 3.63) is 35.4 Å². The lowest BCUT2D eigenvalue weighted by Gasteiger charge is -2.20. The second-order valence-corrected chi connectivity index (χ2v) is 3.98. The molecule has 1 rings (SSSR count). The molecule has 0 heteroatoms. The number of rotatable bonds is 0. The molecule has 59 valence electrons. The SMILES string of the molecule is Cc1ccc[c]c1C(C)(C)C. The fourth-order valence-corrected chi connectivity index (χ4v) is 1.33. The van der Waals surface area contributed by atoms with Gasteiger partial charge in [0, 0.05) is 0 Å². The summed E-state index contributed by atoms with van der Waals surface area (Å²) in [5, 5.41) is 0. The van der Waals surface area contributed by atoms with E-state index in [1.54, 1.807) is 0 Å². The second kappa shape index (κ2) is 2.69. The molecule has 0 N–H and O–H groups in total. The standard InChI is InChI=1S/C11H15/c1-9-7-5-6-8-10(9)11(2,3)4/h5-7H,1-4H3. The fraction of sp³-hybridized carbons (Fsp3) is 0.455. The van der Waals surface area contributed by atoms with Gasteiger partial charge in [0.1, 0.15) is 0 Å². The van der Waals surface area contributed by atoms with Crippen LogP contribution in [0, 0.1) is 13.0 Å². The van der Waals surface area contributed by atoms with E-state index in [2.05, 4.69) is 39.8 Å². The van der Waals surface area contributed by atoms with Crippen LogP contribution in [-0.4, -0.2) is 0 Å². The van der Waals surface area contributed by atoms with Crippen LogP contribution in [0.2, 0.25) is 0 Å². The van der Waals surface area contributed by atoms with Gasteiger partial charge in [-0.15, -0.1) is 0 Å². The Morgan fingerprint density at radius 2 is 1.91 bits per heavy atom. The van der Waals surface area contributed by atoms with Crippen molar-refractivity contribution >= 4 is 0 Å². The molecule has 1 aromatic carbocycles. The van der Waals surface area contributed by atoms with Gasteiger partial charge in [0.2, 0.25) is 0 Å². The maximum atomic E-state index is 3.28. The largest absolute Gasteiger partial charge is 0.0614 e. The zero-order valence-electron chi connectivity index (χ0n) is 7.73. The molecule has 0 nitrogen and oxygen atoms in total. The Bertz CT molecular complexity index is 240. The summed E-state index contributed by atoms with van der Waals surface area (Å²) in [4.78, 5) is 0. The maximum absolute atomic E-state index is 3.28. The summed E-state index contributed by atoms with van der Waals surface area (Å²) in [6.45, 7) is 8.78. The molecule has 1 radical (unpaired) electrons. The highest BCUT2D eigenvalue weighted by Crippen LogP contribution is 2.24. The molecular formula is C11H15. The van der Waals surface area contributed by atoms with E-state index < -0.39 is 0 Å². The predicted octanol–water partition coefficient (Wildman–Crippen LogP) is 3.09. The zero-order valence-corrected chi connectivity index (χ0v) is 7.73. The van der Waals surface area contributed by atoms with E-state index in [1.165, 1.54) is 11.1 Å². The van der Waals surface area contributed by atoms with E-state index in [-0.39, 0.29) is 5.41 Å². The topological polar surface area (TPSA) is 0 Å². The average molecular weight is 147 g/mol. The Balaban J connectivity index is 3.14. The second-order valence-electron chi connectivity index (χ2n) is 3.98. The van der Waals surface area contributed by atoms with Gasteiger partial charge in [-0.2, -0.15) is 0 Å². The number of aryl methyl sites for hydroxylation is 1. The van der Waals surface area contributed by atoms with E-state index in [0.29, 0.717) is 0 Å². The number of benzene rings is 1. The van der Waals surface area contributed by atoms with Crippen LogP contribution in [-0.2, 0) is 5.41 Å². The van der Waals surface area contributed by atoms with Gasteiger partial charge in [0.25, 0.3) is 0 Å². The average Bonchev–Trinajstić information content (AvgIpc) is 1.86. The lowest BCUT2D eigenvalue weighted by Crippen LogP contribution is -2.12. The van der Waals surface area contributed by atoms with Gasteiger partial charge < -0.3 is 0 Å². The summed E-state index contributed by atoms with van der Waals surface area (Å²) in [5.41, 5.74) is 2.88. The van der Waals surface area contributed by atoms with Gasteiger partial charge in [0.05, 0.1) is 0 Å². The lowest BCUT2D eigenvalue weighted by atomic mass is 9.84. The molecule has 0 saturated carbocycles. The molecule has 0 unspecified atom stereocenters. The van der Waals surface area contributed by atoms with Crippen LogP contribution < -0.4 is 0 Å². The highest BCUT2D eigenvalue weighted by atomic mass is 14.2. The molecule has 0 saturated heterocycles. The van der Waals surface area contributed by atoms with Crippen LogP contribution >= 0.6 is 0 Å². The van der Waals surface area contributed by atoms with E-state index in [0.717, 1.165) is 0 Å². The molecule has 1 aromatic rings. The Morgan fingerprint density at radius 1 is 1.27 bits per heavy atom. The molecule has 0 aliphatic heterocycles. The molecule has 0 spiro atoms. The molecular weight excluding hydrogens is 132 g/mol. The lowest BCUT2D eigenvalue weighted by molar-refractivity contribution is 0.585. The van der Waals surface area contributed by atoms with Crippen molar-refractivity contribution in [2.24, 2.45) is 0 Å². The molecule has 0 amide bonds. The summed E-state index contributed by atoms with van der Waals surface area (Å²) >= 11 is 0. The van der Waals surface area contributed by atoms with Crippen molar-refractivity contribution in [2.75, 3.05) is 0 Å². The van der Waals surface area contributed by atoms with Crippen LogP contribution in [0.15, 0.2) is 18.2 Å². The number of hydrogen-bond acceptors (Lipinski definition) is 0. The van der Waals surface area contributed by atoms with Crippen molar-refractivity contribution in [3.8, 4) is 0 Å². The quantitative estimate of drug-likeness (QED) is 0.529. The predicted molar refractivity (Wildman–Crippen MR) is 48.7 cm³/mol. The van der Waals surface area contributed by atoms with E-state index in [4.69, 9.17) is 0 Å². The third kappa shape index (κ3) is 1.83. The molecule has 0 aliphatic carbocycles. The zero-order chi connectivity index (χ0) is 8.48. The van der Waals surface area contributed by atoms with Gasteiger partial charge >= 0.3 is 0 Å². The Labute approximate surface area is 69.3 Å². The highest BCUT2D eigenvalue weighted by molar-refractivity contribution is 5.30. The molecule has 0 heterocycles. The molecule has 0 aromatic heterocycles. The molecule has 0 aliphatic rings. The van der Waals surface area contributed by atoms with Crippen LogP contribution in [0.25, 0.3) is 0 Å². The Hall–Kier alpha value is -0.780. The van der Waals surface area contributed by atoms with E-state index >= 15 is 0 Å². The molecule has 0 atom stereocenters. The van der Waals surface area contributed by atoms with Crippen molar-refractivity contribution in [1.82, 2.24) is 0 Å². The minimum absolute atomic E-state index is 0.228. The van der Waals surface area contributed by atoms with Gasteiger partial charge in [-0.25, -0.2) is 0 Å². The third-order valence-electron chi connectivity index (χ3n) is 1.81. The monoisotopic (exact) mass is 147 g/mol. The van der Waals surface area contributed by atoms with Crippen molar-refractivity contribution in [1.29, 1.82) is 0 Å². The minimum Gasteiger partial charge on any atom is -0.0614 e.